The van der Waals surface area contributed by atoms with Gasteiger partial charge < -0.3 is 4.74 Å². The molecular formula is C18H17NO5. The predicted octanol–water partition coefficient (Wildman–Crippen LogP) is 3.72. The second-order valence-corrected chi connectivity index (χ2v) is 5.29. The Morgan fingerprint density at radius 1 is 1.12 bits per heavy atom. The van der Waals surface area contributed by atoms with Gasteiger partial charge >= 0.3 is 5.97 Å². The minimum absolute atomic E-state index is 0.0704. The number of hydrogen-bond acceptors (Lipinski definition) is 5. The van der Waals surface area contributed by atoms with Crippen molar-refractivity contribution in [1.82, 2.24) is 0 Å². The third-order valence-electron chi connectivity index (χ3n) is 3.60. The summed E-state index contributed by atoms with van der Waals surface area (Å²) < 4.78 is 5.30. The second kappa shape index (κ2) is 7.50. The summed E-state index contributed by atoms with van der Waals surface area (Å²) in [7, 11) is 0. The minimum Gasteiger partial charge on any atom is -0.450 e. The van der Waals surface area contributed by atoms with Gasteiger partial charge in [0.15, 0.2) is 6.10 Å². The molecule has 0 amide bonds. The van der Waals surface area contributed by atoms with E-state index in [2.05, 4.69) is 0 Å². The van der Waals surface area contributed by atoms with E-state index >= 15 is 0 Å². The maximum Gasteiger partial charge on any atom is 0.338 e. The molecule has 0 unspecified atom stereocenters. The van der Waals surface area contributed by atoms with E-state index in [-0.39, 0.29) is 17.0 Å². The van der Waals surface area contributed by atoms with Crippen LogP contribution in [-0.2, 0) is 4.74 Å². The standard InChI is InChI=1S/C18H17NO5/c1-3-16(17(20)13-7-5-4-6-8-13)24-18(21)14-9-10-15(19(22)23)12(2)11-14/h4-11,16H,3H2,1-2H3/t16-/m0/s1. The van der Waals surface area contributed by atoms with Gasteiger partial charge in [0.2, 0.25) is 5.78 Å². The first-order valence-corrected chi connectivity index (χ1v) is 7.49. The van der Waals surface area contributed by atoms with Crippen molar-refractivity contribution in [2.45, 2.75) is 26.4 Å². The van der Waals surface area contributed by atoms with E-state index in [4.69, 9.17) is 4.74 Å². The summed E-state index contributed by atoms with van der Waals surface area (Å²) in [5.41, 5.74) is 0.935. The SMILES string of the molecule is CC[C@H](OC(=O)c1ccc([N+](=O)[O-])c(C)c1)C(=O)c1ccccc1. The average molecular weight is 327 g/mol. The van der Waals surface area contributed by atoms with Gasteiger partial charge in [0.25, 0.3) is 5.69 Å². The number of carbonyl (C=O) groups excluding carboxylic acids is 2. The Bertz CT molecular complexity index is 770. The molecule has 0 aromatic heterocycles. The van der Waals surface area contributed by atoms with E-state index < -0.39 is 17.0 Å². The van der Waals surface area contributed by atoms with Crippen LogP contribution in [0.2, 0.25) is 0 Å². The van der Waals surface area contributed by atoms with Gasteiger partial charge in [-0.25, -0.2) is 4.79 Å². The monoisotopic (exact) mass is 327 g/mol. The molecule has 6 heteroatoms. The van der Waals surface area contributed by atoms with Crippen molar-refractivity contribution in [2.75, 3.05) is 0 Å². The Kier molecular flexibility index (Phi) is 5.42. The van der Waals surface area contributed by atoms with E-state index in [9.17, 15) is 19.7 Å². The number of nitro groups is 1. The molecule has 0 aliphatic rings. The zero-order valence-electron chi connectivity index (χ0n) is 13.4. The van der Waals surface area contributed by atoms with Crippen molar-refractivity contribution < 1.29 is 19.2 Å². The summed E-state index contributed by atoms with van der Waals surface area (Å²) in [6, 6.07) is 12.6. The molecule has 24 heavy (non-hydrogen) atoms. The molecule has 0 heterocycles. The molecule has 6 nitrogen and oxygen atoms in total. The largest absolute Gasteiger partial charge is 0.450 e. The Balaban J connectivity index is 2.16. The summed E-state index contributed by atoms with van der Waals surface area (Å²) in [6.07, 6.45) is -0.554. The number of aryl methyl sites for hydroxylation is 1. The number of Topliss-reactive ketones (excluding diaryl/α,β-unsaturated/α-hetero) is 1. The number of ether oxygens (including phenoxy) is 1. The Hall–Kier alpha value is -3.02. The van der Waals surface area contributed by atoms with Crippen LogP contribution in [-0.4, -0.2) is 22.8 Å². The number of nitrogens with zero attached hydrogens (tertiary/aromatic N) is 1. The lowest BCUT2D eigenvalue weighted by Gasteiger charge is -2.15. The molecular weight excluding hydrogens is 310 g/mol. The zero-order valence-corrected chi connectivity index (χ0v) is 13.4. The molecule has 2 aromatic carbocycles. The lowest BCUT2D eigenvalue weighted by molar-refractivity contribution is -0.385. The summed E-state index contributed by atoms with van der Waals surface area (Å²) in [4.78, 5) is 34.9. The van der Waals surface area contributed by atoms with E-state index in [0.29, 0.717) is 17.5 Å². The lowest BCUT2D eigenvalue weighted by Crippen LogP contribution is -2.27. The molecule has 0 bridgehead atoms. The lowest BCUT2D eigenvalue weighted by atomic mass is 10.0. The maximum atomic E-state index is 12.4. The number of ketones is 1. The molecule has 0 aliphatic carbocycles. The van der Waals surface area contributed by atoms with Gasteiger partial charge in [-0.1, -0.05) is 37.3 Å². The first kappa shape index (κ1) is 17.3. The van der Waals surface area contributed by atoms with Crippen LogP contribution >= 0.6 is 0 Å². The van der Waals surface area contributed by atoms with Crippen LogP contribution in [0.5, 0.6) is 0 Å². The third-order valence-corrected chi connectivity index (χ3v) is 3.60. The van der Waals surface area contributed by atoms with E-state index in [0.717, 1.165) is 0 Å². The summed E-state index contributed by atoms with van der Waals surface area (Å²) in [5, 5.41) is 10.8. The van der Waals surface area contributed by atoms with Crippen molar-refractivity contribution in [3.8, 4) is 0 Å². The molecule has 0 saturated heterocycles. The first-order valence-electron chi connectivity index (χ1n) is 7.49. The summed E-state index contributed by atoms with van der Waals surface area (Å²) >= 11 is 0. The number of carbonyl (C=O) groups is 2. The second-order valence-electron chi connectivity index (χ2n) is 5.29. The van der Waals surface area contributed by atoms with Crippen LogP contribution < -0.4 is 0 Å². The number of hydrogen-bond donors (Lipinski definition) is 0. The van der Waals surface area contributed by atoms with Crippen LogP contribution in [0.15, 0.2) is 48.5 Å². The van der Waals surface area contributed by atoms with Crippen molar-refractivity contribution in [3.05, 3.63) is 75.3 Å². The van der Waals surface area contributed by atoms with Crippen LogP contribution in [0.25, 0.3) is 0 Å². The molecule has 0 aliphatic heterocycles. The van der Waals surface area contributed by atoms with Crippen LogP contribution in [0.4, 0.5) is 5.69 Å². The molecule has 0 radical (unpaired) electrons. The van der Waals surface area contributed by atoms with Gasteiger partial charge in [-0.3, -0.25) is 14.9 Å². The molecule has 0 saturated carbocycles. The molecule has 0 spiro atoms. The van der Waals surface area contributed by atoms with Crippen molar-refractivity contribution in [3.63, 3.8) is 0 Å². The van der Waals surface area contributed by atoms with Crippen LogP contribution in [0, 0.1) is 17.0 Å². The van der Waals surface area contributed by atoms with Gasteiger partial charge in [-0.15, -0.1) is 0 Å². The molecule has 0 fully saturated rings. The molecule has 2 rings (SSSR count). The fourth-order valence-corrected chi connectivity index (χ4v) is 2.30. The number of esters is 1. The number of nitro benzene ring substituents is 1. The Morgan fingerprint density at radius 3 is 2.33 bits per heavy atom. The van der Waals surface area contributed by atoms with Gasteiger partial charge in [-0.2, -0.15) is 0 Å². The predicted molar refractivity (Wildman–Crippen MR) is 88.1 cm³/mol. The summed E-state index contributed by atoms with van der Waals surface area (Å²) in [6.45, 7) is 3.29. The average Bonchev–Trinajstić information content (AvgIpc) is 2.59. The topological polar surface area (TPSA) is 86.5 Å². The normalized spacial score (nSPS) is 11.6. The third kappa shape index (κ3) is 3.84. The highest BCUT2D eigenvalue weighted by molar-refractivity contribution is 6.01. The van der Waals surface area contributed by atoms with Gasteiger partial charge in [0.05, 0.1) is 10.5 Å². The summed E-state index contributed by atoms with van der Waals surface area (Å²) in [5.74, 6) is -0.950. The molecule has 124 valence electrons. The highest BCUT2D eigenvalue weighted by atomic mass is 16.6. The Morgan fingerprint density at radius 2 is 1.79 bits per heavy atom. The Labute approximate surface area is 139 Å². The highest BCUT2D eigenvalue weighted by Crippen LogP contribution is 2.20. The van der Waals surface area contributed by atoms with E-state index in [1.807, 2.05) is 0 Å². The fraction of sp³-hybridized carbons (Fsp3) is 0.222. The van der Waals surface area contributed by atoms with Crippen LogP contribution in [0.3, 0.4) is 0 Å². The van der Waals surface area contributed by atoms with Crippen molar-refractivity contribution in [1.29, 1.82) is 0 Å². The van der Waals surface area contributed by atoms with Crippen LogP contribution in [0.1, 0.15) is 39.6 Å². The van der Waals surface area contributed by atoms with Gasteiger partial charge in [0, 0.05) is 17.2 Å². The zero-order chi connectivity index (χ0) is 17.7. The van der Waals surface area contributed by atoms with Crippen molar-refractivity contribution >= 4 is 17.4 Å². The van der Waals surface area contributed by atoms with E-state index in [1.165, 1.54) is 18.2 Å². The minimum atomic E-state index is -0.893. The molecule has 1 atom stereocenters. The fourth-order valence-electron chi connectivity index (χ4n) is 2.30. The maximum absolute atomic E-state index is 12.4. The number of benzene rings is 2. The number of rotatable bonds is 6. The molecule has 2 aromatic rings. The first-order chi connectivity index (χ1) is 11.4. The quantitative estimate of drug-likeness (QED) is 0.349. The van der Waals surface area contributed by atoms with Crippen molar-refractivity contribution in [2.24, 2.45) is 0 Å². The van der Waals surface area contributed by atoms with Gasteiger partial charge in [-0.05, 0) is 25.5 Å². The smallest absolute Gasteiger partial charge is 0.338 e. The van der Waals surface area contributed by atoms with Gasteiger partial charge in [0.1, 0.15) is 0 Å². The van der Waals surface area contributed by atoms with E-state index in [1.54, 1.807) is 44.2 Å². The highest BCUT2D eigenvalue weighted by Gasteiger charge is 2.24. The molecule has 0 N–H and O–H groups in total.